The van der Waals surface area contributed by atoms with Crippen molar-refractivity contribution >= 4 is 6.03 Å². The molecule has 0 unspecified atom stereocenters. The van der Waals surface area contributed by atoms with Gasteiger partial charge in [0.25, 0.3) is 0 Å². The quantitative estimate of drug-likeness (QED) is 0.781. The average Bonchev–Trinajstić information content (AvgIpc) is 2.60. The molecule has 1 atom stereocenters. The highest BCUT2D eigenvalue weighted by atomic mass is 16.3. The number of nitrogens with one attached hydrogen (secondary N) is 2. The second kappa shape index (κ2) is 7.98. The number of nitrogens with zero attached hydrogens (tertiary/aromatic N) is 1. The summed E-state index contributed by atoms with van der Waals surface area (Å²) in [4.78, 5) is 12.2. The molecule has 1 aliphatic carbocycles. The molecular weight excluding hydrogens is 290 g/mol. The van der Waals surface area contributed by atoms with E-state index in [1.807, 2.05) is 13.0 Å². The molecule has 1 aromatic rings. The predicted octanol–water partition coefficient (Wildman–Crippen LogP) is 2.69. The van der Waals surface area contributed by atoms with Crippen molar-refractivity contribution in [1.82, 2.24) is 10.6 Å². The molecule has 1 aliphatic rings. The molecule has 1 fully saturated rings. The fourth-order valence-corrected chi connectivity index (χ4v) is 3.25. The highest BCUT2D eigenvalue weighted by Crippen LogP contribution is 2.32. The van der Waals surface area contributed by atoms with Gasteiger partial charge in [-0.1, -0.05) is 31.4 Å². The van der Waals surface area contributed by atoms with Gasteiger partial charge < -0.3 is 15.7 Å². The first-order valence-corrected chi connectivity index (χ1v) is 8.23. The second-order valence-electron chi connectivity index (χ2n) is 6.53. The fourth-order valence-electron chi connectivity index (χ4n) is 3.25. The number of nitriles is 1. The standard InChI is InChI=1S/C18H25N3O2/c1-18(13-22,16-8-3-2-4-9-16)21-17(23)20-12-15-7-5-6-14(10-15)11-19/h5-7,10,16,22H,2-4,8-9,12-13H2,1H3,(H2,20,21,23)/t18-/m1/s1. The minimum atomic E-state index is -0.584. The van der Waals surface area contributed by atoms with Gasteiger partial charge in [0.1, 0.15) is 0 Å². The molecule has 0 spiro atoms. The molecule has 0 saturated heterocycles. The highest BCUT2D eigenvalue weighted by molar-refractivity contribution is 5.74. The smallest absolute Gasteiger partial charge is 0.315 e. The van der Waals surface area contributed by atoms with Crippen LogP contribution in [0, 0.1) is 17.2 Å². The molecule has 5 nitrogen and oxygen atoms in total. The molecule has 0 heterocycles. The van der Waals surface area contributed by atoms with E-state index >= 15 is 0 Å². The van der Waals surface area contributed by atoms with Gasteiger partial charge in [0, 0.05) is 6.54 Å². The maximum Gasteiger partial charge on any atom is 0.315 e. The molecule has 3 N–H and O–H groups in total. The van der Waals surface area contributed by atoms with Crippen LogP contribution in [0.4, 0.5) is 4.79 Å². The molecule has 1 aromatic carbocycles. The van der Waals surface area contributed by atoms with Gasteiger partial charge in [-0.2, -0.15) is 5.26 Å². The van der Waals surface area contributed by atoms with Crippen LogP contribution in [0.25, 0.3) is 0 Å². The molecule has 0 bridgehead atoms. The molecule has 0 aromatic heterocycles. The zero-order valence-corrected chi connectivity index (χ0v) is 13.6. The van der Waals surface area contributed by atoms with Gasteiger partial charge in [-0.25, -0.2) is 4.79 Å². The van der Waals surface area contributed by atoms with Crippen LogP contribution in [-0.2, 0) is 6.54 Å². The number of carbonyl (C=O) groups excluding carboxylic acids is 1. The summed E-state index contributed by atoms with van der Waals surface area (Å²) >= 11 is 0. The van der Waals surface area contributed by atoms with Crippen molar-refractivity contribution in [2.45, 2.75) is 51.1 Å². The average molecular weight is 315 g/mol. The van der Waals surface area contributed by atoms with Gasteiger partial charge in [0.15, 0.2) is 0 Å². The third-order valence-corrected chi connectivity index (χ3v) is 4.74. The van der Waals surface area contributed by atoms with Crippen molar-refractivity contribution in [3.63, 3.8) is 0 Å². The highest BCUT2D eigenvalue weighted by Gasteiger charge is 2.35. The van der Waals surface area contributed by atoms with E-state index in [1.165, 1.54) is 6.42 Å². The number of carbonyl (C=O) groups is 1. The van der Waals surface area contributed by atoms with Crippen molar-refractivity contribution < 1.29 is 9.90 Å². The Hall–Kier alpha value is -2.06. The lowest BCUT2D eigenvalue weighted by atomic mass is 9.76. The van der Waals surface area contributed by atoms with Gasteiger partial charge >= 0.3 is 6.03 Å². The normalized spacial score (nSPS) is 17.8. The second-order valence-corrected chi connectivity index (χ2v) is 6.53. The summed E-state index contributed by atoms with van der Waals surface area (Å²) in [5, 5.41) is 24.4. The molecular formula is C18H25N3O2. The van der Waals surface area contributed by atoms with E-state index in [0.717, 1.165) is 31.2 Å². The van der Waals surface area contributed by atoms with E-state index in [4.69, 9.17) is 5.26 Å². The lowest BCUT2D eigenvalue weighted by molar-refractivity contribution is 0.101. The summed E-state index contributed by atoms with van der Waals surface area (Å²) in [6.07, 6.45) is 5.64. The van der Waals surface area contributed by atoms with Gasteiger partial charge in [-0.05, 0) is 43.4 Å². The number of amides is 2. The Labute approximate surface area is 137 Å². The molecule has 0 aliphatic heterocycles. The maximum absolute atomic E-state index is 12.2. The van der Waals surface area contributed by atoms with Crippen LogP contribution < -0.4 is 10.6 Å². The number of hydrogen-bond donors (Lipinski definition) is 3. The Morgan fingerprint density at radius 3 is 2.78 bits per heavy atom. The molecule has 5 heteroatoms. The van der Waals surface area contributed by atoms with Gasteiger partial charge in [-0.3, -0.25) is 0 Å². The Bertz CT molecular complexity index is 576. The minimum absolute atomic E-state index is 0.0605. The van der Waals surface area contributed by atoms with E-state index in [-0.39, 0.29) is 12.6 Å². The summed E-state index contributed by atoms with van der Waals surface area (Å²) in [5.41, 5.74) is 0.869. The molecule has 2 amide bonds. The van der Waals surface area contributed by atoms with Gasteiger partial charge in [0.2, 0.25) is 0 Å². The SMILES string of the molecule is C[C@](CO)(NC(=O)NCc1cccc(C#N)c1)C1CCCCC1. The van der Waals surface area contributed by atoms with Crippen LogP contribution in [0.5, 0.6) is 0 Å². The van der Waals surface area contributed by atoms with Crippen LogP contribution in [0.3, 0.4) is 0 Å². The van der Waals surface area contributed by atoms with Crippen LogP contribution in [0.2, 0.25) is 0 Å². The minimum Gasteiger partial charge on any atom is -0.394 e. The molecule has 124 valence electrons. The zero-order valence-electron chi connectivity index (χ0n) is 13.6. The summed E-state index contributed by atoms with van der Waals surface area (Å²) in [7, 11) is 0. The third kappa shape index (κ3) is 4.70. The Morgan fingerprint density at radius 1 is 1.39 bits per heavy atom. The number of hydrogen-bond acceptors (Lipinski definition) is 3. The molecule has 0 radical (unpaired) electrons. The summed E-state index contributed by atoms with van der Waals surface area (Å²) in [6, 6.07) is 8.96. The Balaban J connectivity index is 1.90. The van der Waals surface area contributed by atoms with E-state index in [1.54, 1.807) is 18.2 Å². The first kappa shape index (κ1) is 17.3. The summed E-state index contributed by atoms with van der Waals surface area (Å²) in [5.74, 6) is 0.314. The van der Waals surface area contributed by atoms with E-state index in [2.05, 4.69) is 16.7 Å². The van der Waals surface area contributed by atoms with Crippen LogP contribution >= 0.6 is 0 Å². The predicted molar refractivity (Wildman–Crippen MR) is 88.6 cm³/mol. The lowest BCUT2D eigenvalue weighted by Crippen LogP contribution is -2.57. The fraction of sp³-hybridized carbons (Fsp3) is 0.556. The van der Waals surface area contributed by atoms with Gasteiger partial charge in [0.05, 0.1) is 23.8 Å². The van der Waals surface area contributed by atoms with E-state index in [0.29, 0.717) is 18.0 Å². The Kier molecular flexibility index (Phi) is 6.00. The van der Waals surface area contributed by atoms with E-state index in [9.17, 15) is 9.90 Å². The first-order valence-electron chi connectivity index (χ1n) is 8.23. The summed E-state index contributed by atoms with van der Waals surface area (Å²) in [6.45, 7) is 2.21. The van der Waals surface area contributed by atoms with Crippen molar-refractivity contribution in [2.75, 3.05) is 6.61 Å². The zero-order chi connectivity index (χ0) is 16.7. The lowest BCUT2D eigenvalue weighted by Gasteiger charge is -2.39. The number of rotatable bonds is 5. The number of urea groups is 1. The van der Waals surface area contributed by atoms with Crippen LogP contribution in [0.1, 0.15) is 50.2 Å². The van der Waals surface area contributed by atoms with Crippen LogP contribution in [-0.4, -0.2) is 23.3 Å². The Morgan fingerprint density at radius 2 is 2.13 bits per heavy atom. The monoisotopic (exact) mass is 315 g/mol. The van der Waals surface area contributed by atoms with Gasteiger partial charge in [-0.15, -0.1) is 0 Å². The van der Waals surface area contributed by atoms with Crippen molar-refractivity contribution in [1.29, 1.82) is 5.26 Å². The van der Waals surface area contributed by atoms with Crippen molar-refractivity contribution in [3.8, 4) is 6.07 Å². The summed E-state index contributed by atoms with van der Waals surface area (Å²) < 4.78 is 0. The first-order chi connectivity index (χ1) is 11.1. The third-order valence-electron chi connectivity index (χ3n) is 4.74. The van der Waals surface area contributed by atoms with Crippen molar-refractivity contribution in [2.24, 2.45) is 5.92 Å². The number of aliphatic hydroxyl groups excluding tert-OH is 1. The molecule has 2 rings (SSSR count). The molecule has 1 saturated carbocycles. The van der Waals surface area contributed by atoms with E-state index < -0.39 is 5.54 Å². The van der Waals surface area contributed by atoms with Crippen molar-refractivity contribution in [3.05, 3.63) is 35.4 Å². The number of benzene rings is 1. The molecule has 23 heavy (non-hydrogen) atoms. The largest absolute Gasteiger partial charge is 0.394 e. The van der Waals surface area contributed by atoms with Crippen LogP contribution in [0.15, 0.2) is 24.3 Å². The maximum atomic E-state index is 12.2. The number of aliphatic hydroxyl groups is 1. The topological polar surface area (TPSA) is 85.2 Å².